The Bertz CT molecular complexity index is 299. The zero-order valence-electron chi connectivity index (χ0n) is 8.80. The molecule has 0 radical (unpaired) electrons. The Kier molecular flexibility index (Phi) is 4.33. The molecule has 1 atom stereocenters. The molecule has 90 valence electrons. The number of rotatable bonds is 4. The summed E-state index contributed by atoms with van der Waals surface area (Å²) in [5.74, 6) is 0. The zero-order valence-corrected chi connectivity index (χ0v) is 8.80. The molecule has 16 heavy (non-hydrogen) atoms. The van der Waals surface area contributed by atoms with Crippen molar-refractivity contribution < 1.29 is 17.6 Å². The van der Waals surface area contributed by atoms with Crippen LogP contribution < -0.4 is 0 Å². The van der Waals surface area contributed by atoms with Gasteiger partial charge in [0.2, 0.25) is 0 Å². The van der Waals surface area contributed by atoms with Gasteiger partial charge in [0.05, 0.1) is 5.41 Å². The van der Waals surface area contributed by atoms with E-state index in [1.54, 1.807) is 6.08 Å². The van der Waals surface area contributed by atoms with Crippen molar-refractivity contribution in [1.82, 2.24) is 0 Å². The zero-order chi connectivity index (χ0) is 12.1. The van der Waals surface area contributed by atoms with Crippen LogP contribution in [-0.4, -0.2) is 12.9 Å². The van der Waals surface area contributed by atoms with Crippen LogP contribution in [0.4, 0.5) is 17.6 Å². The molecule has 0 fully saturated rings. The Morgan fingerprint density at radius 1 is 1.19 bits per heavy atom. The van der Waals surface area contributed by atoms with E-state index in [4.69, 9.17) is 0 Å². The molecule has 0 saturated carbocycles. The fourth-order valence-corrected chi connectivity index (χ4v) is 1.72. The summed E-state index contributed by atoms with van der Waals surface area (Å²) in [4.78, 5) is 0. The third-order valence-corrected chi connectivity index (χ3v) is 2.72. The first-order valence-corrected chi connectivity index (χ1v) is 5.14. The van der Waals surface area contributed by atoms with E-state index < -0.39 is 18.3 Å². The fourth-order valence-electron chi connectivity index (χ4n) is 1.72. The summed E-state index contributed by atoms with van der Waals surface area (Å²) < 4.78 is 50.5. The third-order valence-electron chi connectivity index (χ3n) is 2.72. The Balaban J connectivity index is 2.70. The molecule has 0 aliphatic heterocycles. The van der Waals surface area contributed by atoms with Crippen molar-refractivity contribution >= 4 is 0 Å². The van der Waals surface area contributed by atoms with Crippen LogP contribution >= 0.6 is 0 Å². The maximum Gasteiger partial charge on any atom is 0.398 e. The van der Waals surface area contributed by atoms with E-state index >= 15 is 0 Å². The van der Waals surface area contributed by atoms with Crippen LogP contribution in [0.25, 0.3) is 0 Å². The summed E-state index contributed by atoms with van der Waals surface area (Å²) in [7, 11) is 0. The highest BCUT2D eigenvalue weighted by molar-refractivity contribution is 5.19. The van der Waals surface area contributed by atoms with Crippen LogP contribution in [-0.2, 0) is 0 Å². The Hall–Kier alpha value is -1.06. The van der Waals surface area contributed by atoms with Crippen LogP contribution in [0.1, 0.15) is 19.3 Å². The first-order valence-electron chi connectivity index (χ1n) is 5.14. The Morgan fingerprint density at radius 3 is 2.44 bits per heavy atom. The van der Waals surface area contributed by atoms with E-state index in [1.807, 2.05) is 0 Å². The minimum atomic E-state index is -4.25. The summed E-state index contributed by atoms with van der Waals surface area (Å²) in [5, 5.41) is 0. The van der Waals surface area contributed by atoms with Gasteiger partial charge in [0.15, 0.2) is 0 Å². The van der Waals surface area contributed by atoms with Gasteiger partial charge in [0.25, 0.3) is 0 Å². The van der Waals surface area contributed by atoms with Crippen molar-refractivity contribution in [2.45, 2.75) is 25.4 Å². The van der Waals surface area contributed by atoms with Crippen molar-refractivity contribution in [1.29, 1.82) is 0 Å². The van der Waals surface area contributed by atoms with Crippen molar-refractivity contribution in [2.75, 3.05) is 6.67 Å². The molecule has 0 aromatic rings. The summed E-state index contributed by atoms with van der Waals surface area (Å²) in [6.07, 6.45) is 4.38. The van der Waals surface area contributed by atoms with Gasteiger partial charge in [0.1, 0.15) is 6.67 Å². The maximum absolute atomic E-state index is 12.9. The molecule has 1 aliphatic rings. The highest BCUT2D eigenvalue weighted by Gasteiger charge is 2.51. The number of allylic oxidation sites excluding steroid dienone is 6. The Labute approximate surface area is 92.3 Å². The quantitative estimate of drug-likeness (QED) is 0.501. The summed E-state index contributed by atoms with van der Waals surface area (Å²) in [6.45, 7) is -0.630. The van der Waals surface area contributed by atoms with Gasteiger partial charge < -0.3 is 0 Å². The lowest BCUT2D eigenvalue weighted by Crippen LogP contribution is -2.36. The van der Waals surface area contributed by atoms with Gasteiger partial charge in [-0.15, -0.1) is 0 Å². The minimum absolute atomic E-state index is 0.0313. The Morgan fingerprint density at radius 2 is 1.94 bits per heavy atom. The molecule has 0 saturated heterocycles. The first kappa shape index (κ1) is 13.0. The van der Waals surface area contributed by atoms with Crippen LogP contribution in [0.15, 0.2) is 36.5 Å². The molecule has 0 amide bonds. The van der Waals surface area contributed by atoms with E-state index in [-0.39, 0.29) is 19.3 Å². The number of hydrogen-bond donors (Lipinski definition) is 0. The molecule has 0 N–H and O–H groups in total. The van der Waals surface area contributed by atoms with E-state index in [0.717, 1.165) is 0 Å². The SMILES string of the molecule is FC/C=C/CCC1(C(F)(F)F)C=CC=CC1. The van der Waals surface area contributed by atoms with Gasteiger partial charge in [0, 0.05) is 0 Å². The second-order valence-corrected chi connectivity index (χ2v) is 3.81. The summed E-state index contributed by atoms with van der Waals surface area (Å²) in [6, 6.07) is 0. The lowest BCUT2D eigenvalue weighted by Gasteiger charge is -2.33. The molecule has 1 aliphatic carbocycles. The second kappa shape index (κ2) is 5.32. The third kappa shape index (κ3) is 2.97. The van der Waals surface area contributed by atoms with Gasteiger partial charge in [-0.05, 0) is 19.3 Å². The number of alkyl halides is 4. The summed E-state index contributed by atoms with van der Waals surface area (Å²) >= 11 is 0. The highest BCUT2D eigenvalue weighted by atomic mass is 19.4. The van der Waals surface area contributed by atoms with Crippen molar-refractivity contribution in [3.63, 3.8) is 0 Å². The predicted molar refractivity (Wildman–Crippen MR) is 55.7 cm³/mol. The minimum Gasteiger partial charge on any atom is -0.247 e. The molecular weight excluding hydrogens is 220 g/mol. The lowest BCUT2D eigenvalue weighted by atomic mass is 9.77. The van der Waals surface area contributed by atoms with E-state index in [1.165, 1.54) is 30.4 Å². The molecule has 0 nitrogen and oxygen atoms in total. The van der Waals surface area contributed by atoms with Gasteiger partial charge in [-0.1, -0.05) is 36.5 Å². The average Bonchev–Trinajstić information content (AvgIpc) is 2.24. The lowest BCUT2D eigenvalue weighted by molar-refractivity contribution is -0.207. The van der Waals surface area contributed by atoms with E-state index in [0.29, 0.717) is 0 Å². The summed E-state index contributed by atoms with van der Waals surface area (Å²) in [5.41, 5.74) is -1.78. The molecule has 0 bridgehead atoms. The molecule has 1 unspecified atom stereocenters. The van der Waals surface area contributed by atoms with E-state index in [9.17, 15) is 17.6 Å². The molecule has 4 heteroatoms. The van der Waals surface area contributed by atoms with Gasteiger partial charge in [-0.2, -0.15) is 13.2 Å². The van der Waals surface area contributed by atoms with Gasteiger partial charge in [-0.3, -0.25) is 0 Å². The predicted octanol–water partition coefficient (Wildman–Crippen LogP) is 4.36. The highest BCUT2D eigenvalue weighted by Crippen LogP contribution is 2.47. The largest absolute Gasteiger partial charge is 0.398 e. The van der Waals surface area contributed by atoms with Gasteiger partial charge >= 0.3 is 6.18 Å². The van der Waals surface area contributed by atoms with Crippen LogP contribution in [0, 0.1) is 5.41 Å². The van der Waals surface area contributed by atoms with Crippen LogP contribution in [0.2, 0.25) is 0 Å². The molecule has 0 aromatic carbocycles. The fraction of sp³-hybridized carbons (Fsp3) is 0.500. The van der Waals surface area contributed by atoms with Crippen LogP contribution in [0.3, 0.4) is 0 Å². The van der Waals surface area contributed by atoms with Crippen molar-refractivity contribution in [3.8, 4) is 0 Å². The smallest absolute Gasteiger partial charge is 0.247 e. The molecule has 0 heterocycles. The van der Waals surface area contributed by atoms with Crippen LogP contribution in [0.5, 0.6) is 0 Å². The number of hydrogen-bond acceptors (Lipinski definition) is 0. The van der Waals surface area contributed by atoms with Gasteiger partial charge in [-0.25, -0.2) is 4.39 Å². The monoisotopic (exact) mass is 234 g/mol. The van der Waals surface area contributed by atoms with E-state index in [2.05, 4.69) is 0 Å². The normalized spacial score (nSPS) is 25.5. The number of halogens is 4. The average molecular weight is 234 g/mol. The second-order valence-electron chi connectivity index (χ2n) is 3.81. The molecular formula is C12H14F4. The first-order chi connectivity index (χ1) is 7.52. The molecule has 0 spiro atoms. The topological polar surface area (TPSA) is 0 Å². The van der Waals surface area contributed by atoms with Crippen molar-refractivity contribution in [3.05, 3.63) is 36.5 Å². The molecule has 0 aromatic heterocycles. The standard InChI is InChI=1S/C12H14F4/c13-10-6-2-5-9-11(12(14,15)16)7-3-1-4-8-11/h1-4,6-7H,5,8-10H2/b6-2+. The van der Waals surface area contributed by atoms with Crippen molar-refractivity contribution in [2.24, 2.45) is 5.41 Å². The maximum atomic E-state index is 12.9. The molecule has 1 rings (SSSR count).